The molecule has 0 aromatic carbocycles. The number of aliphatic hydroxyl groups is 3. The second-order valence-electron chi connectivity index (χ2n) is 6.53. The molecule has 0 saturated carbocycles. The molecule has 150 valence electrons. The van der Waals surface area contributed by atoms with Gasteiger partial charge in [-0.3, -0.25) is 9.58 Å². The second kappa shape index (κ2) is 6.50. The smallest absolute Gasteiger partial charge is 0.225 e. The molecule has 4 atom stereocenters. The van der Waals surface area contributed by atoms with Gasteiger partial charge in [0.15, 0.2) is 23.2 Å². The van der Waals surface area contributed by atoms with E-state index in [1.807, 2.05) is 0 Å². The Kier molecular flexibility index (Phi) is 4.73. The highest BCUT2D eigenvalue weighted by molar-refractivity contribution is 7.88. The van der Waals surface area contributed by atoms with Crippen LogP contribution in [0.4, 0.5) is 11.8 Å². The Bertz CT molecular complexity index is 961. The van der Waals surface area contributed by atoms with Crippen LogP contribution in [-0.2, 0) is 14.8 Å². The van der Waals surface area contributed by atoms with Gasteiger partial charge in [0.05, 0.1) is 19.2 Å². The minimum absolute atomic E-state index is 0.0820. The topological polar surface area (TPSA) is 189 Å². The van der Waals surface area contributed by atoms with E-state index in [4.69, 9.17) is 10.5 Å². The number of hydrogen-bond acceptors (Lipinski definition) is 11. The second-order valence-corrected chi connectivity index (χ2v) is 8.26. The van der Waals surface area contributed by atoms with Gasteiger partial charge in [0.2, 0.25) is 16.0 Å². The molecule has 1 aliphatic heterocycles. The van der Waals surface area contributed by atoms with Crippen LogP contribution in [-0.4, -0.2) is 81.0 Å². The van der Waals surface area contributed by atoms with E-state index in [1.54, 1.807) is 0 Å². The number of aliphatic hydroxyl groups excluding tert-OH is 2. The van der Waals surface area contributed by atoms with Gasteiger partial charge in [0, 0.05) is 7.05 Å². The molecule has 0 bridgehead atoms. The van der Waals surface area contributed by atoms with Gasteiger partial charge in [0.25, 0.3) is 0 Å². The highest BCUT2D eigenvalue weighted by Crippen LogP contribution is 2.39. The predicted octanol–water partition coefficient (Wildman–Crippen LogP) is -2.69. The average molecular weight is 403 g/mol. The number of nitrogen functional groups attached to an aromatic ring is 1. The van der Waals surface area contributed by atoms with Crippen LogP contribution in [0.15, 0.2) is 6.33 Å². The van der Waals surface area contributed by atoms with Crippen LogP contribution >= 0.6 is 0 Å². The molecule has 1 saturated heterocycles. The Balaban J connectivity index is 2.10. The number of aromatic nitrogens is 4. The van der Waals surface area contributed by atoms with Crippen LogP contribution in [0.25, 0.3) is 11.2 Å². The number of rotatable bonds is 5. The molecule has 2 unspecified atom stereocenters. The zero-order valence-electron chi connectivity index (χ0n) is 14.8. The third-order valence-electron chi connectivity index (χ3n) is 4.23. The lowest BCUT2D eigenvalue weighted by atomic mass is 9.96. The summed E-state index contributed by atoms with van der Waals surface area (Å²) < 4.78 is 29.9. The number of imidazole rings is 1. The van der Waals surface area contributed by atoms with Crippen molar-refractivity contribution in [2.45, 2.75) is 31.0 Å². The van der Waals surface area contributed by atoms with Crippen LogP contribution in [0.2, 0.25) is 0 Å². The fourth-order valence-corrected chi connectivity index (χ4v) is 3.59. The van der Waals surface area contributed by atoms with Crippen LogP contribution in [0.5, 0.6) is 0 Å². The first-order valence-electron chi connectivity index (χ1n) is 7.83. The summed E-state index contributed by atoms with van der Waals surface area (Å²) in [5.74, 6) is -0.0862. The van der Waals surface area contributed by atoms with Crippen molar-refractivity contribution in [1.82, 2.24) is 24.4 Å². The Labute approximate surface area is 154 Å². The van der Waals surface area contributed by atoms with E-state index in [9.17, 15) is 23.7 Å². The summed E-state index contributed by atoms with van der Waals surface area (Å²) >= 11 is 0. The number of anilines is 2. The Morgan fingerprint density at radius 3 is 2.70 bits per heavy atom. The lowest BCUT2D eigenvalue weighted by molar-refractivity contribution is -0.0950. The molecule has 27 heavy (non-hydrogen) atoms. The number of ether oxygens (including phenoxy) is 1. The molecule has 0 aliphatic carbocycles. The van der Waals surface area contributed by atoms with Gasteiger partial charge in [-0.2, -0.15) is 9.97 Å². The number of nitrogens with one attached hydrogen (secondary N) is 1. The normalized spacial score (nSPS) is 28.7. The summed E-state index contributed by atoms with van der Waals surface area (Å²) in [6.45, 7) is 0.858. The Hall–Kier alpha value is -2.10. The molecule has 2 aromatic rings. The lowest BCUT2D eigenvalue weighted by Crippen LogP contribution is -2.44. The monoisotopic (exact) mass is 403 g/mol. The maximum atomic E-state index is 11.5. The minimum atomic E-state index is -3.58. The SMILES string of the molecule is CN(NS(C)(=O)=O)c1nc(N)nc2c1ncn2[C@@H]1O[C@H](CO)C(O)C1(C)O. The van der Waals surface area contributed by atoms with Gasteiger partial charge in [0.1, 0.15) is 17.8 Å². The summed E-state index contributed by atoms with van der Waals surface area (Å²) in [5.41, 5.74) is 4.32. The summed E-state index contributed by atoms with van der Waals surface area (Å²) in [7, 11) is -2.17. The average Bonchev–Trinajstić information content (AvgIpc) is 3.04. The molecular weight excluding hydrogens is 382 g/mol. The van der Waals surface area contributed by atoms with Gasteiger partial charge >= 0.3 is 0 Å². The zero-order valence-corrected chi connectivity index (χ0v) is 15.6. The molecule has 0 amide bonds. The largest absolute Gasteiger partial charge is 0.394 e. The first kappa shape index (κ1) is 19.7. The maximum Gasteiger partial charge on any atom is 0.225 e. The van der Waals surface area contributed by atoms with Gasteiger partial charge < -0.3 is 25.8 Å². The van der Waals surface area contributed by atoms with Gasteiger partial charge in [-0.05, 0) is 6.92 Å². The number of hydrogen-bond donors (Lipinski definition) is 5. The van der Waals surface area contributed by atoms with Crippen LogP contribution in [0.1, 0.15) is 13.2 Å². The summed E-state index contributed by atoms with van der Waals surface area (Å²) in [4.78, 5) is 14.5. The van der Waals surface area contributed by atoms with Gasteiger partial charge in [-0.15, -0.1) is 4.83 Å². The number of fused-ring (bicyclic) bond motifs is 1. The van der Waals surface area contributed by atoms with Crippen molar-refractivity contribution in [3.8, 4) is 0 Å². The molecule has 1 aliphatic rings. The number of nitrogens with zero attached hydrogens (tertiary/aromatic N) is 5. The zero-order chi connectivity index (χ0) is 20.1. The van der Waals surface area contributed by atoms with Crippen LogP contribution in [0.3, 0.4) is 0 Å². The van der Waals surface area contributed by atoms with Gasteiger partial charge in [-0.25, -0.2) is 13.4 Å². The quantitative estimate of drug-likeness (QED) is 0.327. The third kappa shape index (κ3) is 3.42. The lowest BCUT2D eigenvalue weighted by Gasteiger charge is -2.27. The van der Waals surface area contributed by atoms with Crippen molar-refractivity contribution in [3.63, 3.8) is 0 Å². The van der Waals surface area contributed by atoms with Gasteiger partial charge in [-0.1, -0.05) is 0 Å². The van der Waals surface area contributed by atoms with E-state index in [-0.39, 0.29) is 22.9 Å². The minimum Gasteiger partial charge on any atom is -0.394 e. The Morgan fingerprint density at radius 2 is 2.15 bits per heavy atom. The van der Waals surface area contributed by atoms with Crippen molar-refractivity contribution < 1.29 is 28.5 Å². The Morgan fingerprint density at radius 1 is 1.48 bits per heavy atom. The van der Waals surface area contributed by atoms with Crippen molar-refractivity contribution in [3.05, 3.63) is 6.33 Å². The van der Waals surface area contributed by atoms with E-state index >= 15 is 0 Å². The predicted molar refractivity (Wildman–Crippen MR) is 93.7 cm³/mol. The molecule has 3 rings (SSSR count). The van der Waals surface area contributed by atoms with Crippen molar-refractivity contribution in [1.29, 1.82) is 0 Å². The number of sulfonamides is 1. The van der Waals surface area contributed by atoms with Crippen LogP contribution < -0.4 is 15.6 Å². The molecule has 13 nitrogen and oxygen atoms in total. The summed E-state index contributed by atoms with van der Waals surface area (Å²) in [5, 5.41) is 31.3. The molecule has 14 heteroatoms. The van der Waals surface area contributed by atoms with E-state index in [1.165, 1.54) is 24.9 Å². The molecule has 2 aromatic heterocycles. The standard InChI is InChI=1S/C13H21N7O6S/c1-13(23)8(22)6(4-21)26-11(13)20-5-15-7-9(16-12(14)17-10(7)20)19(2)18-27(3,24)25/h5-6,8,11,18,21-23H,4H2,1-3H3,(H2,14,16,17)/t6-,8?,11-,13?/m1/s1. The fraction of sp³-hybridized carbons (Fsp3) is 0.615. The maximum absolute atomic E-state index is 11.5. The first-order chi connectivity index (χ1) is 12.5. The van der Waals surface area contributed by atoms with Crippen molar-refractivity contribution >= 4 is 33.0 Å². The molecule has 0 radical (unpaired) electrons. The highest BCUT2D eigenvalue weighted by atomic mass is 32.2. The molecule has 3 heterocycles. The molecule has 1 fully saturated rings. The van der Waals surface area contributed by atoms with Crippen molar-refractivity contribution in [2.24, 2.45) is 0 Å². The third-order valence-corrected chi connectivity index (χ3v) is 4.83. The van der Waals surface area contributed by atoms with E-state index in [0.29, 0.717) is 0 Å². The fourth-order valence-electron chi connectivity index (χ4n) is 3.01. The molecular formula is C13H21N7O6S. The van der Waals surface area contributed by atoms with E-state index < -0.39 is 40.7 Å². The van der Waals surface area contributed by atoms with E-state index in [0.717, 1.165) is 11.3 Å². The number of hydrazine groups is 1. The van der Waals surface area contributed by atoms with Crippen molar-refractivity contribution in [2.75, 3.05) is 30.7 Å². The summed E-state index contributed by atoms with van der Waals surface area (Å²) in [6.07, 6.45) is -1.20. The molecule has 0 spiro atoms. The number of nitrogens with two attached hydrogens (primary N) is 1. The van der Waals surface area contributed by atoms with E-state index in [2.05, 4.69) is 19.8 Å². The summed E-state index contributed by atoms with van der Waals surface area (Å²) in [6, 6.07) is 0. The first-order valence-corrected chi connectivity index (χ1v) is 9.72. The highest BCUT2D eigenvalue weighted by Gasteiger charge is 2.53. The van der Waals surface area contributed by atoms with Crippen LogP contribution in [0, 0.1) is 0 Å². The molecule has 6 N–H and O–H groups in total.